The number of carbonyl (C=O) groups excluding carboxylic acids is 2. The number of rotatable bonds is 9. The van der Waals surface area contributed by atoms with Gasteiger partial charge in [0.25, 0.3) is 0 Å². The average molecular weight is 783 g/mol. The quantitative estimate of drug-likeness (QED) is 0.137. The Labute approximate surface area is 331 Å². The van der Waals surface area contributed by atoms with Gasteiger partial charge in [-0.25, -0.2) is 19.6 Å². The van der Waals surface area contributed by atoms with E-state index in [0.717, 1.165) is 51.3 Å². The van der Waals surface area contributed by atoms with E-state index in [1.165, 1.54) is 12.0 Å². The molecule has 2 aliphatic heterocycles. The summed E-state index contributed by atoms with van der Waals surface area (Å²) in [5, 5.41) is 0.663. The zero-order valence-corrected chi connectivity index (χ0v) is 33.2. The summed E-state index contributed by atoms with van der Waals surface area (Å²) in [5.74, 6) is 1.22. The third-order valence-corrected chi connectivity index (χ3v) is 10.0. The van der Waals surface area contributed by atoms with Crippen molar-refractivity contribution in [2.75, 3.05) is 40.5 Å². The summed E-state index contributed by atoms with van der Waals surface area (Å²) in [6, 6.07) is 21.3. The SMILES string of the molecule is COC(=O)c1cc(OCCN(C)C(=O)OC(C)(C)C)c2nc(Cc3ccc4cc3COCCc3cc(Cl)ccc3COc3cccc-4n3)n(C[C@@H]3CCO3)c2c1. The van der Waals surface area contributed by atoms with Crippen molar-refractivity contribution >= 4 is 34.7 Å². The number of fused-ring (bicyclic) bond motifs is 7. The van der Waals surface area contributed by atoms with Crippen molar-refractivity contribution in [3.63, 3.8) is 0 Å². The van der Waals surface area contributed by atoms with Crippen LogP contribution in [-0.2, 0) is 51.5 Å². The van der Waals surface area contributed by atoms with Gasteiger partial charge in [0.15, 0.2) is 0 Å². The Morgan fingerprint density at radius 3 is 2.59 bits per heavy atom. The van der Waals surface area contributed by atoms with Gasteiger partial charge in [-0.3, -0.25) is 0 Å². The van der Waals surface area contributed by atoms with Crippen LogP contribution in [-0.4, -0.2) is 83.7 Å². The number of esters is 1. The summed E-state index contributed by atoms with van der Waals surface area (Å²) in [6.07, 6.45) is 1.58. The molecule has 12 nitrogen and oxygen atoms in total. The van der Waals surface area contributed by atoms with Gasteiger partial charge >= 0.3 is 12.1 Å². The Morgan fingerprint density at radius 2 is 1.82 bits per heavy atom. The van der Waals surface area contributed by atoms with Gasteiger partial charge in [-0.2, -0.15) is 0 Å². The molecular formula is C43H47ClN4O8. The fourth-order valence-electron chi connectivity index (χ4n) is 6.68. The lowest BCUT2D eigenvalue weighted by molar-refractivity contribution is -0.0589. The first-order valence-corrected chi connectivity index (χ1v) is 19.2. The van der Waals surface area contributed by atoms with Crippen molar-refractivity contribution in [1.82, 2.24) is 19.4 Å². The van der Waals surface area contributed by atoms with Crippen LogP contribution in [0.4, 0.5) is 4.79 Å². The van der Waals surface area contributed by atoms with E-state index in [0.29, 0.717) is 73.5 Å². The van der Waals surface area contributed by atoms with Crippen molar-refractivity contribution in [3.05, 3.63) is 105 Å². The first-order chi connectivity index (χ1) is 26.9. The monoisotopic (exact) mass is 782 g/mol. The first kappa shape index (κ1) is 39.1. The molecule has 1 amide bonds. The second kappa shape index (κ2) is 16.9. The molecule has 56 heavy (non-hydrogen) atoms. The summed E-state index contributed by atoms with van der Waals surface area (Å²) in [4.78, 5) is 37.0. The minimum absolute atomic E-state index is 0.000435. The third-order valence-electron chi connectivity index (χ3n) is 9.78. The number of carbonyl (C=O) groups is 2. The second-order valence-corrected chi connectivity index (χ2v) is 15.5. The van der Waals surface area contributed by atoms with Crippen molar-refractivity contribution in [1.29, 1.82) is 0 Å². The highest BCUT2D eigenvalue weighted by molar-refractivity contribution is 6.30. The predicted octanol–water partition coefficient (Wildman–Crippen LogP) is 7.82. The molecule has 3 aromatic carbocycles. The minimum Gasteiger partial charge on any atom is -0.489 e. The lowest BCUT2D eigenvalue weighted by atomic mass is 9.99. The summed E-state index contributed by atoms with van der Waals surface area (Å²) >= 11 is 6.38. The van der Waals surface area contributed by atoms with Gasteiger partial charge in [0.05, 0.1) is 56.3 Å². The summed E-state index contributed by atoms with van der Waals surface area (Å²) in [5.41, 5.74) is 6.85. The Hall–Kier alpha value is -5.17. The molecule has 294 valence electrons. The highest BCUT2D eigenvalue weighted by Crippen LogP contribution is 2.33. The smallest absolute Gasteiger partial charge is 0.410 e. The molecular weight excluding hydrogens is 736 g/mol. The maximum absolute atomic E-state index is 12.9. The first-order valence-electron chi connectivity index (χ1n) is 18.8. The van der Waals surface area contributed by atoms with Gasteiger partial charge < -0.3 is 37.9 Å². The van der Waals surface area contributed by atoms with E-state index in [2.05, 4.69) is 22.8 Å². The summed E-state index contributed by atoms with van der Waals surface area (Å²) in [6.45, 7) is 8.31. The molecule has 1 atom stereocenters. The molecule has 0 spiro atoms. The number of hydrogen-bond donors (Lipinski definition) is 0. The van der Waals surface area contributed by atoms with Gasteiger partial charge in [0.2, 0.25) is 5.88 Å². The third kappa shape index (κ3) is 9.26. The molecule has 2 aliphatic rings. The van der Waals surface area contributed by atoms with Crippen LogP contribution in [0.3, 0.4) is 0 Å². The van der Waals surface area contributed by atoms with Crippen LogP contribution in [0.1, 0.15) is 65.6 Å². The fourth-order valence-corrected chi connectivity index (χ4v) is 6.88. The topological polar surface area (TPSA) is 123 Å². The molecule has 0 aliphatic carbocycles. The number of likely N-dealkylation sites (N-methyl/N-ethyl adjacent to an activating group) is 1. The zero-order valence-electron chi connectivity index (χ0n) is 32.4. The number of pyridine rings is 1. The zero-order chi connectivity index (χ0) is 39.4. The van der Waals surface area contributed by atoms with E-state index in [-0.39, 0.29) is 19.3 Å². The fraction of sp³-hybridized carbons (Fsp3) is 0.395. The number of ether oxygens (including phenoxy) is 6. The summed E-state index contributed by atoms with van der Waals surface area (Å²) in [7, 11) is 3.00. The number of benzene rings is 3. The van der Waals surface area contributed by atoms with Gasteiger partial charge in [-0.05, 0) is 92.3 Å². The molecule has 7 rings (SSSR count). The minimum atomic E-state index is -0.627. The number of amides is 1. The van der Waals surface area contributed by atoms with E-state index in [1.807, 2.05) is 57.2 Å². The Bertz CT molecular complexity index is 2230. The molecule has 1 saturated heterocycles. The van der Waals surface area contributed by atoms with Gasteiger partial charge in [0, 0.05) is 36.7 Å². The van der Waals surface area contributed by atoms with Crippen molar-refractivity contribution in [2.24, 2.45) is 0 Å². The number of hydrogen-bond acceptors (Lipinski definition) is 10. The molecule has 4 heterocycles. The number of nitrogens with zero attached hydrogens (tertiary/aromatic N) is 4. The molecule has 2 aromatic heterocycles. The van der Waals surface area contributed by atoms with Crippen LogP contribution in [0.5, 0.6) is 11.6 Å². The van der Waals surface area contributed by atoms with Crippen molar-refractivity contribution in [3.8, 4) is 22.9 Å². The average Bonchev–Trinajstić information content (AvgIpc) is 3.50. The van der Waals surface area contributed by atoms with Crippen LogP contribution >= 0.6 is 11.6 Å². The molecule has 0 N–H and O–H groups in total. The van der Waals surface area contributed by atoms with E-state index in [9.17, 15) is 9.59 Å². The second-order valence-electron chi connectivity index (χ2n) is 15.0. The van der Waals surface area contributed by atoms with Crippen LogP contribution < -0.4 is 9.47 Å². The van der Waals surface area contributed by atoms with E-state index >= 15 is 0 Å². The maximum atomic E-state index is 12.9. The molecule has 0 saturated carbocycles. The van der Waals surface area contributed by atoms with Crippen LogP contribution in [0.15, 0.2) is 66.7 Å². The predicted molar refractivity (Wildman–Crippen MR) is 211 cm³/mol. The molecule has 4 bridgehead atoms. The van der Waals surface area contributed by atoms with Crippen LogP contribution in [0, 0.1) is 0 Å². The van der Waals surface area contributed by atoms with E-state index in [4.69, 9.17) is 50.0 Å². The number of methoxy groups -OCH3 is 1. The summed E-state index contributed by atoms with van der Waals surface area (Å²) < 4.78 is 37.4. The van der Waals surface area contributed by atoms with Crippen LogP contribution in [0.2, 0.25) is 5.02 Å². The molecule has 0 radical (unpaired) electrons. The molecule has 0 unspecified atom stereocenters. The standard InChI is InChI=1S/C43H47ClN4O8/c1-43(2,3)56-42(50)47(4)15-18-54-37-22-31(41(49)51-5)21-36-40(37)46-38(48(36)24-34-14-17-53-34)23-27-9-10-29-19-32(27)25-52-16-13-28-20-33(44)12-11-30(28)26-55-39-8-6-7-35(29)45-39/h6-12,19-22,34H,13-18,23-26H2,1-5H3/t34-/m0/s1. The Balaban J connectivity index is 1.23. The van der Waals surface area contributed by atoms with E-state index in [1.54, 1.807) is 19.2 Å². The Kier molecular flexibility index (Phi) is 11.8. The highest BCUT2D eigenvalue weighted by Gasteiger charge is 2.26. The van der Waals surface area contributed by atoms with E-state index < -0.39 is 17.7 Å². The lowest BCUT2D eigenvalue weighted by Crippen LogP contribution is -2.36. The van der Waals surface area contributed by atoms with Crippen LogP contribution in [0.25, 0.3) is 22.3 Å². The van der Waals surface area contributed by atoms with Gasteiger partial charge in [-0.1, -0.05) is 35.9 Å². The molecule has 1 fully saturated rings. The van der Waals surface area contributed by atoms with Gasteiger partial charge in [0.1, 0.15) is 35.9 Å². The lowest BCUT2D eigenvalue weighted by Gasteiger charge is -2.27. The number of imidazole rings is 1. The number of aromatic nitrogens is 3. The molecule has 5 aromatic rings. The maximum Gasteiger partial charge on any atom is 0.410 e. The number of halogens is 1. The normalized spacial score (nSPS) is 15.5. The highest BCUT2D eigenvalue weighted by atomic mass is 35.5. The van der Waals surface area contributed by atoms with Crippen molar-refractivity contribution in [2.45, 2.75) is 71.5 Å². The van der Waals surface area contributed by atoms with Crippen molar-refractivity contribution < 1.29 is 38.0 Å². The largest absolute Gasteiger partial charge is 0.489 e. The Morgan fingerprint density at radius 1 is 0.982 bits per heavy atom. The van der Waals surface area contributed by atoms with Gasteiger partial charge in [-0.15, -0.1) is 0 Å². The molecule has 13 heteroatoms.